The molecule has 1 rings (SSSR count). The summed E-state index contributed by atoms with van der Waals surface area (Å²) in [6.07, 6.45) is 2.86. The highest BCUT2D eigenvalue weighted by Gasteiger charge is 2.00. The fraction of sp³-hybridized carbons (Fsp3) is 0.333. The second-order valence-corrected chi connectivity index (χ2v) is 3.49. The number of hydrogen-bond donors (Lipinski definition) is 2. The minimum Gasteiger partial charge on any atom is -0.376 e. The highest BCUT2D eigenvalue weighted by molar-refractivity contribution is 7.80. The molecule has 0 aliphatic carbocycles. The van der Waals surface area contributed by atoms with E-state index in [9.17, 15) is 0 Å². The Bertz CT molecular complexity index is 343. The first kappa shape index (κ1) is 10.3. The zero-order valence-electron chi connectivity index (χ0n) is 7.46. The van der Waals surface area contributed by atoms with E-state index in [1.165, 1.54) is 0 Å². The number of thiocarbonyl (C=S) groups is 1. The molecule has 1 heterocycles. The SMILES string of the molecule is CCCNC(=S)c1ccc[nH]c1=S. The van der Waals surface area contributed by atoms with Gasteiger partial charge in [0.05, 0.1) is 0 Å². The standard InChI is InChI=1S/C9H12N2S2/c1-2-5-10-8(12)7-4-3-6-11-9(7)13/h3-4,6H,2,5H2,1H3,(H,10,12)(H,11,13). The van der Waals surface area contributed by atoms with Gasteiger partial charge in [-0.05, 0) is 18.6 Å². The Hall–Kier alpha value is -0.740. The van der Waals surface area contributed by atoms with Crippen molar-refractivity contribution in [2.45, 2.75) is 13.3 Å². The summed E-state index contributed by atoms with van der Waals surface area (Å²) >= 11 is 10.3. The molecule has 0 unspecified atom stereocenters. The quantitative estimate of drug-likeness (QED) is 0.754. The molecule has 13 heavy (non-hydrogen) atoms. The van der Waals surface area contributed by atoms with Crippen LogP contribution in [0, 0.1) is 4.64 Å². The van der Waals surface area contributed by atoms with Crippen LogP contribution in [0.15, 0.2) is 18.3 Å². The van der Waals surface area contributed by atoms with Gasteiger partial charge in [0, 0.05) is 18.3 Å². The maximum Gasteiger partial charge on any atom is 0.113 e. The van der Waals surface area contributed by atoms with Crippen LogP contribution < -0.4 is 5.32 Å². The molecular formula is C9H12N2S2. The van der Waals surface area contributed by atoms with Crippen LogP contribution in [0.2, 0.25) is 0 Å². The smallest absolute Gasteiger partial charge is 0.113 e. The summed E-state index contributed by atoms with van der Waals surface area (Å²) in [6, 6.07) is 3.81. The summed E-state index contributed by atoms with van der Waals surface area (Å²) in [6.45, 7) is 2.99. The first-order valence-electron chi connectivity index (χ1n) is 4.21. The lowest BCUT2D eigenvalue weighted by atomic mass is 10.3. The predicted octanol–water partition coefficient (Wildman–Crippen LogP) is 2.42. The van der Waals surface area contributed by atoms with Crippen molar-refractivity contribution in [2.75, 3.05) is 6.54 Å². The van der Waals surface area contributed by atoms with Crippen molar-refractivity contribution in [3.8, 4) is 0 Å². The van der Waals surface area contributed by atoms with Crippen LogP contribution in [0.3, 0.4) is 0 Å². The molecule has 0 radical (unpaired) electrons. The first-order valence-corrected chi connectivity index (χ1v) is 5.03. The summed E-state index contributed by atoms with van der Waals surface area (Å²) in [7, 11) is 0. The lowest BCUT2D eigenvalue weighted by Gasteiger charge is -2.05. The Kier molecular flexibility index (Phi) is 4.05. The number of aromatic amines is 1. The van der Waals surface area contributed by atoms with E-state index in [0.29, 0.717) is 4.64 Å². The van der Waals surface area contributed by atoms with Crippen molar-refractivity contribution in [2.24, 2.45) is 0 Å². The molecule has 4 heteroatoms. The van der Waals surface area contributed by atoms with E-state index in [2.05, 4.69) is 17.2 Å². The summed E-state index contributed by atoms with van der Waals surface area (Å²) in [4.78, 5) is 3.67. The van der Waals surface area contributed by atoms with Gasteiger partial charge in [0.2, 0.25) is 0 Å². The lowest BCUT2D eigenvalue weighted by molar-refractivity contribution is 0.848. The number of H-pyrrole nitrogens is 1. The second kappa shape index (κ2) is 5.09. The molecule has 2 N–H and O–H groups in total. The van der Waals surface area contributed by atoms with E-state index >= 15 is 0 Å². The van der Waals surface area contributed by atoms with Crippen LogP contribution in [-0.2, 0) is 0 Å². The zero-order chi connectivity index (χ0) is 9.68. The van der Waals surface area contributed by atoms with E-state index in [0.717, 1.165) is 23.5 Å². The van der Waals surface area contributed by atoms with Crippen LogP contribution in [0.1, 0.15) is 18.9 Å². The van der Waals surface area contributed by atoms with Gasteiger partial charge in [0.15, 0.2) is 0 Å². The lowest BCUT2D eigenvalue weighted by Crippen LogP contribution is -2.23. The second-order valence-electron chi connectivity index (χ2n) is 2.67. The molecule has 0 spiro atoms. The maximum absolute atomic E-state index is 5.18. The largest absolute Gasteiger partial charge is 0.376 e. The molecule has 0 aliphatic rings. The highest BCUT2D eigenvalue weighted by Crippen LogP contribution is 2.00. The fourth-order valence-corrected chi connectivity index (χ4v) is 1.51. The molecule has 0 aliphatic heterocycles. The number of aromatic nitrogens is 1. The third kappa shape index (κ3) is 2.90. The molecule has 2 nitrogen and oxygen atoms in total. The van der Waals surface area contributed by atoms with E-state index in [1.54, 1.807) is 6.20 Å². The zero-order valence-corrected chi connectivity index (χ0v) is 9.10. The molecule has 1 aromatic rings. The minimum atomic E-state index is 0.691. The Morgan fingerprint density at radius 3 is 3.00 bits per heavy atom. The molecule has 0 amide bonds. The number of hydrogen-bond acceptors (Lipinski definition) is 2. The maximum atomic E-state index is 5.18. The third-order valence-electron chi connectivity index (χ3n) is 1.60. The van der Waals surface area contributed by atoms with Gasteiger partial charge in [0.1, 0.15) is 9.63 Å². The van der Waals surface area contributed by atoms with Gasteiger partial charge in [-0.2, -0.15) is 0 Å². The average molecular weight is 212 g/mol. The first-order chi connectivity index (χ1) is 6.25. The van der Waals surface area contributed by atoms with Crippen LogP contribution in [0.4, 0.5) is 0 Å². The average Bonchev–Trinajstić information content (AvgIpc) is 2.15. The van der Waals surface area contributed by atoms with Crippen molar-refractivity contribution >= 4 is 29.4 Å². The number of rotatable bonds is 3. The van der Waals surface area contributed by atoms with Gasteiger partial charge < -0.3 is 10.3 Å². The molecule has 0 saturated heterocycles. The van der Waals surface area contributed by atoms with Crippen molar-refractivity contribution in [1.29, 1.82) is 0 Å². The topological polar surface area (TPSA) is 27.8 Å². The van der Waals surface area contributed by atoms with Crippen LogP contribution >= 0.6 is 24.4 Å². The summed E-state index contributed by atoms with van der Waals surface area (Å²) < 4.78 is 0.691. The number of nitrogens with one attached hydrogen (secondary N) is 2. The van der Waals surface area contributed by atoms with Crippen molar-refractivity contribution in [1.82, 2.24) is 10.3 Å². The van der Waals surface area contributed by atoms with E-state index in [4.69, 9.17) is 24.4 Å². The van der Waals surface area contributed by atoms with E-state index < -0.39 is 0 Å². The van der Waals surface area contributed by atoms with E-state index in [1.807, 2.05) is 12.1 Å². The van der Waals surface area contributed by atoms with E-state index in [-0.39, 0.29) is 0 Å². The fourth-order valence-electron chi connectivity index (χ4n) is 0.934. The summed E-state index contributed by atoms with van der Waals surface area (Å²) in [5, 5.41) is 3.13. The Labute approximate surface area is 88.4 Å². The monoisotopic (exact) mass is 212 g/mol. The van der Waals surface area contributed by atoms with Gasteiger partial charge in [-0.3, -0.25) is 0 Å². The highest BCUT2D eigenvalue weighted by atomic mass is 32.1. The van der Waals surface area contributed by atoms with Gasteiger partial charge >= 0.3 is 0 Å². The molecule has 0 bridgehead atoms. The molecule has 0 aromatic carbocycles. The van der Waals surface area contributed by atoms with Crippen LogP contribution in [-0.4, -0.2) is 16.5 Å². The Morgan fingerprint density at radius 2 is 2.38 bits per heavy atom. The van der Waals surface area contributed by atoms with Gasteiger partial charge in [0.25, 0.3) is 0 Å². The van der Waals surface area contributed by atoms with Crippen LogP contribution in [0.5, 0.6) is 0 Å². The minimum absolute atomic E-state index is 0.691. The van der Waals surface area contributed by atoms with Gasteiger partial charge in [-0.15, -0.1) is 0 Å². The van der Waals surface area contributed by atoms with Crippen molar-refractivity contribution < 1.29 is 0 Å². The molecular weight excluding hydrogens is 200 g/mol. The molecule has 70 valence electrons. The summed E-state index contributed by atoms with van der Waals surface area (Å²) in [5.74, 6) is 0. The predicted molar refractivity (Wildman–Crippen MR) is 61.6 cm³/mol. The Balaban J connectivity index is 2.77. The molecule has 1 aromatic heterocycles. The van der Waals surface area contributed by atoms with Gasteiger partial charge in [-0.25, -0.2) is 0 Å². The van der Waals surface area contributed by atoms with Crippen molar-refractivity contribution in [3.05, 3.63) is 28.5 Å². The molecule has 0 fully saturated rings. The normalized spacial score (nSPS) is 9.62. The molecule has 0 atom stereocenters. The molecule has 0 saturated carbocycles. The van der Waals surface area contributed by atoms with Gasteiger partial charge in [-0.1, -0.05) is 31.4 Å². The van der Waals surface area contributed by atoms with Crippen molar-refractivity contribution in [3.63, 3.8) is 0 Å². The third-order valence-corrected chi connectivity index (χ3v) is 2.30. The van der Waals surface area contributed by atoms with Crippen LogP contribution in [0.25, 0.3) is 0 Å². The Morgan fingerprint density at radius 1 is 1.62 bits per heavy atom. The number of pyridine rings is 1. The summed E-state index contributed by atoms with van der Waals surface area (Å²) in [5.41, 5.74) is 0.904.